The molecule has 0 radical (unpaired) electrons. The molecule has 0 amide bonds. The lowest BCUT2D eigenvalue weighted by Crippen LogP contribution is -2.49. The quantitative estimate of drug-likeness (QED) is 0.672. The zero-order valence-corrected chi connectivity index (χ0v) is 12.2. The molecule has 1 aromatic rings. The molecule has 1 fully saturated rings. The number of carbonyl (C=O) groups is 1. The maximum atomic E-state index is 12.2. The van der Waals surface area contributed by atoms with Gasteiger partial charge < -0.3 is 14.6 Å². The minimum absolute atomic E-state index is 0.160. The van der Waals surface area contributed by atoms with Crippen molar-refractivity contribution in [3.63, 3.8) is 0 Å². The second kappa shape index (κ2) is 6.91. The van der Waals surface area contributed by atoms with Crippen molar-refractivity contribution in [1.82, 2.24) is 4.81 Å². The van der Waals surface area contributed by atoms with Gasteiger partial charge in [-0.3, -0.25) is 4.79 Å². The summed E-state index contributed by atoms with van der Waals surface area (Å²) in [5.74, 6) is -0.197. The average molecular weight is 275 g/mol. The van der Waals surface area contributed by atoms with E-state index in [2.05, 4.69) is 12.1 Å². The molecule has 1 N–H and O–H groups in total. The van der Waals surface area contributed by atoms with Gasteiger partial charge in [0.05, 0.1) is 12.5 Å². The molecule has 1 aliphatic rings. The van der Waals surface area contributed by atoms with Crippen molar-refractivity contribution in [3.8, 4) is 0 Å². The minimum Gasteiger partial charge on any atom is -0.466 e. The number of nitrogens with zero attached hydrogens (tertiary/aromatic N) is 1. The number of piperidine rings is 1. The molecule has 108 valence electrons. The van der Waals surface area contributed by atoms with Crippen LogP contribution in [-0.4, -0.2) is 42.6 Å². The average Bonchev–Trinajstić information content (AvgIpc) is 2.47. The van der Waals surface area contributed by atoms with Crippen molar-refractivity contribution in [2.24, 2.45) is 5.92 Å². The maximum Gasteiger partial charge on any atom is 0.376 e. The molecular formula is C15H22BNO3. The number of esters is 1. The van der Waals surface area contributed by atoms with E-state index in [4.69, 9.17) is 4.74 Å². The number of hydrogen-bond acceptors (Lipinski definition) is 4. The van der Waals surface area contributed by atoms with Gasteiger partial charge in [0, 0.05) is 6.54 Å². The van der Waals surface area contributed by atoms with Crippen LogP contribution in [0.25, 0.3) is 0 Å². The Kier molecular flexibility index (Phi) is 5.20. The Hall–Kier alpha value is -1.33. The molecule has 4 nitrogen and oxygen atoms in total. The molecule has 2 rings (SSSR count). The highest BCUT2D eigenvalue weighted by Crippen LogP contribution is 2.34. The van der Waals surface area contributed by atoms with Crippen LogP contribution >= 0.6 is 0 Å². The summed E-state index contributed by atoms with van der Waals surface area (Å²) in [7, 11) is -0.524. The van der Waals surface area contributed by atoms with Crippen molar-refractivity contribution in [2.75, 3.05) is 19.7 Å². The summed E-state index contributed by atoms with van der Waals surface area (Å²) in [4.78, 5) is 14.2. The molecule has 0 aliphatic carbocycles. The van der Waals surface area contributed by atoms with Crippen molar-refractivity contribution in [2.45, 2.75) is 26.1 Å². The third kappa shape index (κ3) is 3.41. The summed E-state index contributed by atoms with van der Waals surface area (Å²) in [5, 5.41) is 9.74. The fourth-order valence-electron chi connectivity index (χ4n) is 2.90. The van der Waals surface area contributed by atoms with Crippen LogP contribution in [0.2, 0.25) is 6.82 Å². The minimum atomic E-state index is -0.524. The first-order valence-electron chi connectivity index (χ1n) is 7.27. The van der Waals surface area contributed by atoms with E-state index in [1.165, 1.54) is 5.56 Å². The molecule has 20 heavy (non-hydrogen) atoms. The summed E-state index contributed by atoms with van der Waals surface area (Å²) in [5.41, 5.74) is 1.18. The number of benzene rings is 1. The van der Waals surface area contributed by atoms with Crippen LogP contribution in [0.3, 0.4) is 0 Å². The van der Waals surface area contributed by atoms with Crippen LogP contribution < -0.4 is 0 Å². The van der Waals surface area contributed by atoms with E-state index in [1.54, 1.807) is 6.82 Å². The van der Waals surface area contributed by atoms with Gasteiger partial charge in [-0.15, -0.1) is 0 Å². The van der Waals surface area contributed by atoms with E-state index in [-0.39, 0.29) is 17.8 Å². The van der Waals surface area contributed by atoms with E-state index >= 15 is 0 Å². The van der Waals surface area contributed by atoms with Gasteiger partial charge in [-0.2, -0.15) is 0 Å². The van der Waals surface area contributed by atoms with Gasteiger partial charge in [-0.25, -0.2) is 0 Å². The second-order valence-corrected chi connectivity index (χ2v) is 5.29. The Bertz CT molecular complexity index is 438. The number of ether oxygens (including phenoxy) is 1. The molecule has 5 heteroatoms. The lowest BCUT2D eigenvalue weighted by Gasteiger charge is -2.38. The Balaban J connectivity index is 2.19. The third-order valence-electron chi connectivity index (χ3n) is 3.99. The third-order valence-corrected chi connectivity index (χ3v) is 3.99. The number of carbonyl (C=O) groups excluding carboxylic acids is 1. The highest BCUT2D eigenvalue weighted by molar-refractivity contribution is 6.45. The SMILES string of the molecule is CCOC(=O)C1CN(B(C)O)CCC1c1ccccc1. The van der Waals surface area contributed by atoms with E-state index < -0.39 is 7.05 Å². The summed E-state index contributed by atoms with van der Waals surface area (Å²) >= 11 is 0. The molecule has 1 aromatic carbocycles. The second-order valence-electron chi connectivity index (χ2n) is 5.29. The number of rotatable bonds is 4. The molecule has 1 heterocycles. The summed E-state index contributed by atoms with van der Waals surface area (Å²) in [6.45, 7) is 5.31. The van der Waals surface area contributed by atoms with Crippen LogP contribution in [0.15, 0.2) is 30.3 Å². The van der Waals surface area contributed by atoms with Crippen LogP contribution in [-0.2, 0) is 9.53 Å². The first kappa shape index (κ1) is 15.1. The Morgan fingerprint density at radius 3 is 2.75 bits per heavy atom. The Morgan fingerprint density at radius 2 is 2.15 bits per heavy atom. The number of hydrogen-bond donors (Lipinski definition) is 1. The molecule has 1 saturated heterocycles. The molecule has 0 spiro atoms. The smallest absolute Gasteiger partial charge is 0.376 e. The van der Waals surface area contributed by atoms with Crippen molar-refractivity contribution in [3.05, 3.63) is 35.9 Å². The molecule has 0 bridgehead atoms. The highest BCUT2D eigenvalue weighted by Gasteiger charge is 2.37. The normalized spacial score (nSPS) is 23.4. The molecule has 0 aromatic heterocycles. The summed E-state index contributed by atoms with van der Waals surface area (Å²) < 4.78 is 5.21. The molecule has 2 unspecified atom stereocenters. The molecule has 0 saturated carbocycles. The van der Waals surface area contributed by atoms with Gasteiger partial charge in [0.25, 0.3) is 0 Å². The predicted octanol–water partition coefficient (Wildman–Crippen LogP) is 1.77. The van der Waals surface area contributed by atoms with Crippen molar-refractivity contribution in [1.29, 1.82) is 0 Å². The molecule has 2 atom stereocenters. The van der Waals surface area contributed by atoms with Crippen molar-refractivity contribution >= 4 is 13.0 Å². The van der Waals surface area contributed by atoms with Gasteiger partial charge in [0.2, 0.25) is 0 Å². The van der Waals surface area contributed by atoms with E-state index in [0.29, 0.717) is 13.2 Å². The van der Waals surface area contributed by atoms with Gasteiger partial charge in [0.1, 0.15) is 0 Å². The molecule has 1 aliphatic heterocycles. The van der Waals surface area contributed by atoms with Crippen LogP contribution in [0.1, 0.15) is 24.8 Å². The summed E-state index contributed by atoms with van der Waals surface area (Å²) in [6.07, 6.45) is 0.860. The van der Waals surface area contributed by atoms with Crippen LogP contribution in [0.4, 0.5) is 0 Å². The van der Waals surface area contributed by atoms with E-state index in [9.17, 15) is 9.82 Å². The zero-order valence-electron chi connectivity index (χ0n) is 12.2. The predicted molar refractivity (Wildman–Crippen MR) is 79.3 cm³/mol. The van der Waals surface area contributed by atoms with Gasteiger partial charge >= 0.3 is 13.0 Å². The monoisotopic (exact) mass is 275 g/mol. The standard InChI is InChI=1S/C15H22BNO3/c1-3-20-15(18)14-11-17(16(2)19)10-9-13(14)12-7-5-4-6-8-12/h4-8,13-14,19H,3,9-11H2,1-2H3. The fourth-order valence-corrected chi connectivity index (χ4v) is 2.90. The topological polar surface area (TPSA) is 49.8 Å². The fraction of sp³-hybridized carbons (Fsp3) is 0.533. The Labute approximate surface area is 120 Å². The first-order chi connectivity index (χ1) is 9.63. The maximum absolute atomic E-state index is 12.2. The van der Waals surface area contributed by atoms with E-state index in [1.807, 2.05) is 29.9 Å². The van der Waals surface area contributed by atoms with Crippen molar-refractivity contribution < 1.29 is 14.6 Å². The van der Waals surface area contributed by atoms with Gasteiger partial charge in [-0.05, 0) is 38.2 Å². The van der Waals surface area contributed by atoms with Crippen LogP contribution in [0, 0.1) is 5.92 Å². The summed E-state index contributed by atoms with van der Waals surface area (Å²) in [6, 6.07) is 10.1. The van der Waals surface area contributed by atoms with E-state index in [0.717, 1.165) is 13.0 Å². The Morgan fingerprint density at radius 1 is 1.45 bits per heavy atom. The van der Waals surface area contributed by atoms with Crippen LogP contribution in [0.5, 0.6) is 0 Å². The van der Waals surface area contributed by atoms with Gasteiger partial charge in [0.15, 0.2) is 0 Å². The largest absolute Gasteiger partial charge is 0.466 e. The molecular weight excluding hydrogens is 253 g/mol. The van der Waals surface area contributed by atoms with Gasteiger partial charge in [-0.1, -0.05) is 30.3 Å². The zero-order chi connectivity index (χ0) is 14.5. The lowest BCUT2D eigenvalue weighted by atomic mass is 9.74. The lowest BCUT2D eigenvalue weighted by molar-refractivity contribution is -0.150. The first-order valence-corrected chi connectivity index (χ1v) is 7.27. The highest BCUT2D eigenvalue weighted by atomic mass is 16.5.